The van der Waals surface area contributed by atoms with Crippen LogP contribution in [0.4, 0.5) is 5.69 Å². The number of halogens is 2. The normalized spacial score (nSPS) is 15.5. The Balaban J connectivity index is 1.70. The predicted molar refractivity (Wildman–Crippen MR) is 142 cm³/mol. The Hall–Kier alpha value is -0.710. The Morgan fingerprint density at radius 1 is 1.06 bits per heavy atom. The van der Waals surface area contributed by atoms with E-state index >= 15 is 0 Å². The van der Waals surface area contributed by atoms with Crippen molar-refractivity contribution in [3.05, 3.63) is 43.1 Å². The minimum absolute atomic E-state index is 0.226. The highest BCUT2D eigenvalue weighted by Gasteiger charge is 2.30. The van der Waals surface area contributed by atoms with E-state index in [1.54, 1.807) is 29.2 Å². The Morgan fingerprint density at radius 3 is 2.47 bits per heavy atom. The van der Waals surface area contributed by atoms with Crippen molar-refractivity contribution in [1.29, 1.82) is 0 Å². The lowest BCUT2D eigenvalue weighted by atomic mass is 10.3. The minimum atomic E-state index is -4.07. The van der Waals surface area contributed by atoms with Gasteiger partial charge in [0.1, 0.15) is 4.70 Å². The molecule has 0 atom stereocenters. The van der Waals surface area contributed by atoms with Crippen molar-refractivity contribution >= 4 is 104 Å². The summed E-state index contributed by atoms with van der Waals surface area (Å²) in [7, 11) is -8.13. The van der Waals surface area contributed by atoms with E-state index in [9.17, 15) is 16.8 Å². The maximum Gasteiger partial charge on any atom is 0.265 e. The lowest BCUT2D eigenvalue weighted by Gasteiger charge is -2.19. The molecule has 0 fully saturated rings. The molecule has 8 nitrogen and oxygen atoms in total. The number of thiophene rings is 1. The fraction of sp³-hybridized carbons (Fsp3) is 0.316. The van der Waals surface area contributed by atoms with Crippen molar-refractivity contribution in [1.82, 2.24) is 0 Å². The molecule has 0 spiro atoms. The maximum atomic E-state index is 11.2. The average molecular weight is 647 g/mol. The molecular weight excluding hydrogens is 628 g/mol. The Bertz CT molecular complexity index is 1480. The van der Waals surface area contributed by atoms with Crippen molar-refractivity contribution in [2.75, 3.05) is 23.0 Å². The molecule has 4 rings (SSSR count). The number of fused-ring (bicyclic) bond motifs is 2. The molecule has 1 aliphatic rings. The fourth-order valence-electron chi connectivity index (χ4n) is 3.53. The molecule has 3 aromatic rings. The molecule has 0 saturated carbocycles. The van der Waals surface area contributed by atoms with Crippen molar-refractivity contribution in [2.24, 2.45) is 0 Å². The number of benzene rings is 1. The Labute approximate surface area is 222 Å². The summed E-state index contributed by atoms with van der Waals surface area (Å²) in [5, 5.41) is 2.32. The zero-order valence-electron chi connectivity index (χ0n) is 17.3. The van der Waals surface area contributed by atoms with Gasteiger partial charge in [-0.05, 0) is 40.5 Å². The predicted octanol–water partition coefficient (Wildman–Crippen LogP) is 5.13. The first-order valence-electron chi connectivity index (χ1n) is 9.88. The van der Waals surface area contributed by atoms with Crippen LogP contribution in [0.3, 0.4) is 0 Å². The van der Waals surface area contributed by atoms with E-state index in [-0.39, 0.29) is 24.3 Å². The first-order chi connectivity index (χ1) is 15.9. The number of thioether (sulfide) groups is 1. The maximum absolute atomic E-state index is 11.2. The van der Waals surface area contributed by atoms with Crippen molar-refractivity contribution < 1.29 is 30.5 Å². The second-order valence-corrected chi connectivity index (χ2v) is 15.8. The second kappa shape index (κ2) is 10.3. The van der Waals surface area contributed by atoms with Crippen LogP contribution in [0, 0.1) is 0 Å². The van der Waals surface area contributed by atoms with Crippen LogP contribution in [-0.2, 0) is 26.8 Å². The standard InChI is InChI=1S/C19H18BrClN2O6S5/c20-16-10-14-19(31-16)32-18(23(14)6-2-8-34(27,28)29)11-17-22(5-1-7-33(24,25)26)13-9-12(21)3-4-15(13)30-17/h3-4,9-11H,1-2,5-8H2,(H-,24,25,26,27,28,29)/p+1. The van der Waals surface area contributed by atoms with Crippen molar-refractivity contribution in [2.45, 2.75) is 23.6 Å². The average Bonchev–Trinajstić information content (AvgIpc) is 3.32. The van der Waals surface area contributed by atoms with Crippen LogP contribution < -0.4 is 9.47 Å². The summed E-state index contributed by atoms with van der Waals surface area (Å²) >= 11 is 14.4. The minimum Gasteiger partial charge on any atom is -0.334 e. The third-order valence-corrected chi connectivity index (χ3v) is 10.7. The van der Waals surface area contributed by atoms with E-state index in [1.807, 2.05) is 33.7 Å². The first kappa shape index (κ1) is 26.4. The molecule has 0 aliphatic carbocycles. The second-order valence-electron chi connectivity index (χ2n) is 7.44. The Morgan fingerprint density at radius 2 is 1.76 bits per heavy atom. The quantitative estimate of drug-likeness (QED) is 0.243. The smallest absolute Gasteiger partial charge is 0.265 e. The van der Waals surface area contributed by atoms with Crippen LogP contribution in [0.1, 0.15) is 17.8 Å². The van der Waals surface area contributed by atoms with Gasteiger partial charge in [0.15, 0.2) is 6.54 Å². The highest BCUT2D eigenvalue weighted by molar-refractivity contribution is 9.11. The molecular formula is C19H19BrClN2O6S5+. The molecule has 1 aliphatic heterocycles. The van der Waals surface area contributed by atoms with Crippen LogP contribution in [0.2, 0.25) is 5.02 Å². The number of nitrogens with zero attached hydrogens (tertiary/aromatic N) is 2. The fourth-order valence-corrected chi connectivity index (χ4v) is 9.14. The van der Waals surface area contributed by atoms with E-state index < -0.39 is 20.2 Å². The number of hydrogen-bond acceptors (Lipinski definition) is 8. The molecule has 0 saturated heterocycles. The molecule has 0 amide bonds. The van der Waals surface area contributed by atoms with Gasteiger partial charge in [0.05, 0.1) is 36.3 Å². The number of aryl methyl sites for hydroxylation is 1. The zero-order valence-corrected chi connectivity index (χ0v) is 23.8. The summed E-state index contributed by atoms with van der Waals surface area (Å²) in [6, 6.07) is 7.50. The molecule has 2 aromatic heterocycles. The molecule has 0 unspecified atom stereocenters. The summed E-state index contributed by atoms with van der Waals surface area (Å²) in [6.45, 7) is 0.758. The topological polar surface area (TPSA) is 116 Å². The van der Waals surface area contributed by atoms with E-state index in [2.05, 4.69) is 15.9 Å². The van der Waals surface area contributed by atoms with Crippen molar-refractivity contribution in [3.63, 3.8) is 0 Å². The van der Waals surface area contributed by atoms with Gasteiger partial charge >= 0.3 is 0 Å². The number of aromatic nitrogens is 1. The van der Waals surface area contributed by atoms with Gasteiger partial charge in [-0.1, -0.05) is 34.7 Å². The number of anilines is 1. The number of hydrogen-bond donors (Lipinski definition) is 2. The third kappa shape index (κ3) is 6.53. The molecule has 184 valence electrons. The van der Waals surface area contributed by atoms with Crippen LogP contribution >= 0.6 is 62.0 Å². The first-order valence-corrected chi connectivity index (χ1v) is 16.7. The highest BCUT2D eigenvalue weighted by atomic mass is 79.9. The lowest BCUT2D eigenvalue weighted by molar-refractivity contribution is -0.668. The molecule has 3 heterocycles. The summed E-state index contributed by atoms with van der Waals surface area (Å²) in [5.74, 6) is -0.686. The van der Waals surface area contributed by atoms with Gasteiger partial charge in [-0.15, -0.1) is 11.3 Å². The van der Waals surface area contributed by atoms with Crippen LogP contribution in [0.25, 0.3) is 16.3 Å². The SMILES string of the molecule is O=S(=O)(O)CCCN1C(=Cc2sc3ccc(Cl)cc3[n+]2CCCS(=O)(=O)O)Sc2sc(Br)cc21. The number of rotatable bonds is 9. The van der Waals surface area contributed by atoms with E-state index in [1.165, 1.54) is 11.3 Å². The van der Waals surface area contributed by atoms with Gasteiger partial charge in [-0.2, -0.15) is 21.4 Å². The molecule has 15 heteroatoms. The summed E-state index contributed by atoms with van der Waals surface area (Å²) < 4.78 is 68.1. The lowest BCUT2D eigenvalue weighted by Crippen LogP contribution is -2.36. The van der Waals surface area contributed by atoms with E-state index in [0.717, 1.165) is 33.9 Å². The van der Waals surface area contributed by atoms with Gasteiger partial charge < -0.3 is 4.90 Å². The monoisotopic (exact) mass is 645 g/mol. The van der Waals surface area contributed by atoms with Crippen molar-refractivity contribution in [3.8, 4) is 0 Å². The van der Waals surface area contributed by atoms with Gasteiger partial charge in [0.25, 0.3) is 25.2 Å². The largest absolute Gasteiger partial charge is 0.334 e. The zero-order chi connectivity index (χ0) is 24.7. The van der Waals surface area contributed by atoms with E-state index in [4.69, 9.17) is 20.7 Å². The molecule has 0 bridgehead atoms. The summed E-state index contributed by atoms with van der Waals surface area (Å²) in [6.07, 6.45) is 2.47. The van der Waals surface area contributed by atoms with Gasteiger partial charge in [-0.3, -0.25) is 9.11 Å². The van der Waals surface area contributed by atoms with E-state index in [0.29, 0.717) is 18.1 Å². The van der Waals surface area contributed by atoms with Crippen LogP contribution in [0.15, 0.2) is 37.3 Å². The highest BCUT2D eigenvalue weighted by Crippen LogP contribution is 2.52. The number of thiazole rings is 1. The third-order valence-electron chi connectivity index (χ3n) is 4.91. The summed E-state index contributed by atoms with van der Waals surface area (Å²) in [4.78, 5) is 2.02. The summed E-state index contributed by atoms with van der Waals surface area (Å²) in [5.41, 5.74) is 1.82. The van der Waals surface area contributed by atoms with Crippen LogP contribution in [-0.4, -0.2) is 44.0 Å². The van der Waals surface area contributed by atoms with Gasteiger partial charge in [0.2, 0.25) is 5.52 Å². The van der Waals surface area contributed by atoms with Gasteiger partial charge in [0, 0.05) is 24.1 Å². The molecule has 34 heavy (non-hydrogen) atoms. The Kier molecular flexibility index (Phi) is 8.02. The van der Waals surface area contributed by atoms with Gasteiger partial charge in [-0.25, -0.2) is 0 Å². The molecule has 2 N–H and O–H groups in total. The van der Waals surface area contributed by atoms with Crippen LogP contribution in [0.5, 0.6) is 0 Å². The molecule has 1 aromatic carbocycles. The molecule has 0 radical (unpaired) electrons.